The molecule has 1 atom stereocenters. The number of aromatic nitrogens is 2. The van der Waals surface area contributed by atoms with Gasteiger partial charge in [-0.1, -0.05) is 12.1 Å². The number of nitrogens with zero attached hydrogens (tertiary/aromatic N) is 2. The number of benzene rings is 2. The highest BCUT2D eigenvalue weighted by molar-refractivity contribution is 5.68. The fourth-order valence-electron chi connectivity index (χ4n) is 2.79. The van der Waals surface area contributed by atoms with Crippen LogP contribution in [0.2, 0.25) is 0 Å². The summed E-state index contributed by atoms with van der Waals surface area (Å²) in [5.41, 5.74) is 1.51. The molecule has 3 aromatic rings. The minimum absolute atomic E-state index is 0.149. The van der Waals surface area contributed by atoms with E-state index >= 15 is 0 Å². The zero-order valence-corrected chi connectivity index (χ0v) is 17.5. The van der Waals surface area contributed by atoms with Gasteiger partial charge in [0.1, 0.15) is 17.3 Å². The maximum Gasteiger partial charge on any atom is 0.573 e. The smallest absolute Gasteiger partial charge is 0.494 e. The summed E-state index contributed by atoms with van der Waals surface area (Å²) in [4.78, 5) is 8.77. The van der Waals surface area contributed by atoms with Crippen molar-refractivity contribution in [3.63, 3.8) is 0 Å². The largest absolute Gasteiger partial charge is 0.573 e. The third kappa shape index (κ3) is 6.74. The molecule has 1 heterocycles. The molecule has 10 heteroatoms. The van der Waals surface area contributed by atoms with Crippen molar-refractivity contribution in [2.75, 3.05) is 23.8 Å². The summed E-state index contributed by atoms with van der Waals surface area (Å²) < 4.78 is 47.3. The Morgan fingerprint density at radius 1 is 1.03 bits per heavy atom. The fourth-order valence-corrected chi connectivity index (χ4v) is 2.79. The number of hydrogen-bond donors (Lipinski definition) is 3. The summed E-state index contributed by atoms with van der Waals surface area (Å²) in [5, 5.41) is 15.4. The van der Waals surface area contributed by atoms with E-state index in [9.17, 15) is 18.3 Å². The molecule has 0 fully saturated rings. The summed E-state index contributed by atoms with van der Waals surface area (Å²) in [5.74, 6) is 0.989. The van der Waals surface area contributed by atoms with Crippen LogP contribution in [0.3, 0.4) is 0 Å². The van der Waals surface area contributed by atoms with Crippen LogP contribution >= 0.6 is 0 Å². The van der Waals surface area contributed by atoms with Crippen molar-refractivity contribution >= 4 is 17.5 Å². The van der Waals surface area contributed by atoms with Crippen LogP contribution in [0.1, 0.15) is 13.8 Å². The van der Waals surface area contributed by atoms with Crippen LogP contribution < -0.4 is 20.1 Å². The van der Waals surface area contributed by atoms with E-state index in [0.717, 1.165) is 11.4 Å². The maximum atomic E-state index is 12.6. The lowest BCUT2D eigenvalue weighted by Gasteiger charge is -2.15. The molecule has 0 saturated carbocycles. The minimum atomic E-state index is -4.80. The molecule has 0 amide bonds. The molecule has 2 aromatic carbocycles. The van der Waals surface area contributed by atoms with Gasteiger partial charge in [0.25, 0.3) is 0 Å². The van der Waals surface area contributed by atoms with E-state index in [-0.39, 0.29) is 24.3 Å². The van der Waals surface area contributed by atoms with Crippen molar-refractivity contribution in [2.24, 2.45) is 0 Å². The van der Waals surface area contributed by atoms with Crippen LogP contribution in [0.4, 0.5) is 30.6 Å². The molecule has 0 saturated heterocycles. The third-order valence-corrected chi connectivity index (χ3v) is 4.18. The number of aliphatic hydroxyl groups is 1. The normalized spacial score (nSPS) is 12.2. The predicted molar refractivity (Wildman–Crippen MR) is 115 cm³/mol. The molecule has 0 aliphatic rings. The Bertz CT molecular complexity index is 1030. The van der Waals surface area contributed by atoms with Crippen molar-refractivity contribution in [3.05, 3.63) is 54.6 Å². The van der Waals surface area contributed by atoms with E-state index in [1.54, 1.807) is 31.2 Å². The number of aliphatic hydroxyl groups excluding tert-OH is 1. The lowest BCUT2D eigenvalue weighted by molar-refractivity contribution is -0.274. The second kappa shape index (κ2) is 10.2. The number of hydrogen-bond acceptors (Lipinski definition) is 7. The molecule has 0 aliphatic carbocycles. The molecule has 0 spiro atoms. The molecular weight excluding hydrogens is 425 g/mol. The van der Waals surface area contributed by atoms with Gasteiger partial charge in [-0.3, -0.25) is 0 Å². The molecule has 32 heavy (non-hydrogen) atoms. The van der Waals surface area contributed by atoms with E-state index in [2.05, 4.69) is 25.3 Å². The minimum Gasteiger partial charge on any atom is -0.494 e. The van der Waals surface area contributed by atoms with Gasteiger partial charge in [-0.15, -0.1) is 13.2 Å². The Morgan fingerprint density at radius 3 is 2.44 bits per heavy atom. The Hall–Kier alpha value is -3.53. The van der Waals surface area contributed by atoms with Gasteiger partial charge in [0.2, 0.25) is 5.95 Å². The van der Waals surface area contributed by atoms with Crippen LogP contribution in [0.25, 0.3) is 11.3 Å². The lowest BCUT2D eigenvalue weighted by atomic mass is 10.1. The van der Waals surface area contributed by atoms with E-state index in [1.165, 1.54) is 18.2 Å². The number of alkyl halides is 3. The van der Waals surface area contributed by atoms with E-state index < -0.39 is 6.36 Å². The van der Waals surface area contributed by atoms with E-state index in [1.807, 2.05) is 19.1 Å². The topological polar surface area (TPSA) is 88.5 Å². The van der Waals surface area contributed by atoms with Gasteiger partial charge in [0.15, 0.2) is 0 Å². The van der Waals surface area contributed by atoms with Crippen molar-refractivity contribution in [3.8, 4) is 22.8 Å². The highest BCUT2D eigenvalue weighted by Crippen LogP contribution is 2.29. The molecule has 7 nitrogen and oxygen atoms in total. The molecule has 3 rings (SSSR count). The first-order valence-corrected chi connectivity index (χ1v) is 9.88. The summed E-state index contributed by atoms with van der Waals surface area (Å²) in [6.07, 6.45) is -4.80. The average Bonchev–Trinajstić information content (AvgIpc) is 2.74. The van der Waals surface area contributed by atoms with Crippen LogP contribution in [-0.2, 0) is 0 Å². The molecule has 1 aromatic heterocycles. The molecule has 0 radical (unpaired) electrons. The van der Waals surface area contributed by atoms with Crippen molar-refractivity contribution < 1.29 is 27.8 Å². The first-order chi connectivity index (χ1) is 15.3. The van der Waals surface area contributed by atoms with Gasteiger partial charge in [-0.05, 0) is 50.2 Å². The molecule has 3 N–H and O–H groups in total. The van der Waals surface area contributed by atoms with Crippen LogP contribution in [0, 0.1) is 0 Å². The third-order valence-electron chi connectivity index (χ3n) is 4.18. The first-order valence-electron chi connectivity index (χ1n) is 9.88. The summed E-state index contributed by atoms with van der Waals surface area (Å²) in [6.45, 7) is 4.04. The Balaban J connectivity index is 1.93. The lowest BCUT2D eigenvalue weighted by Crippen LogP contribution is -2.21. The summed E-state index contributed by atoms with van der Waals surface area (Å²) >= 11 is 0. The van der Waals surface area contributed by atoms with E-state index in [4.69, 9.17) is 4.74 Å². The zero-order valence-electron chi connectivity index (χ0n) is 17.5. The number of anilines is 3. The summed E-state index contributed by atoms with van der Waals surface area (Å²) in [6, 6.07) is 14.0. The Labute approximate surface area is 183 Å². The number of rotatable bonds is 9. The predicted octanol–water partition coefficient (Wildman–Crippen LogP) is 4.98. The van der Waals surface area contributed by atoms with Crippen LogP contribution in [0.5, 0.6) is 11.5 Å². The quantitative estimate of drug-likeness (QED) is 0.426. The highest BCUT2D eigenvalue weighted by Gasteiger charge is 2.31. The second-order valence-corrected chi connectivity index (χ2v) is 6.85. The summed E-state index contributed by atoms with van der Waals surface area (Å²) in [7, 11) is 0. The van der Waals surface area contributed by atoms with Crippen LogP contribution in [0.15, 0.2) is 54.6 Å². The van der Waals surface area contributed by atoms with Gasteiger partial charge in [-0.25, -0.2) is 4.98 Å². The average molecular weight is 448 g/mol. The SMILES string of the molecule is CCOc1ccc(Nc2cc(-c3cccc(OC(F)(F)F)c3)nc(N[C@H](C)CO)n2)cc1. The molecule has 0 bridgehead atoms. The monoisotopic (exact) mass is 448 g/mol. The second-order valence-electron chi connectivity index (χ2n) is 6.85. The molecular formula is C22H23F3N4O3. The maximum absolute atomic E-state index is 12.6. The molecule has 170 valence electrons. The Kier molecular flexibility index (Phi) is 7.37. The van der Waals surface area contributed by atoms with Gasteiger partial charge in [0.05, 0.1) is 18.9 Å². The highest BCUT2D eigenvalue weighted by atomic mass is 19.4. The van der Waals surface area contributed by atoms with E-state index in [0.29, 0.717) is 23.7 Å². The van der Waals surface area contributed by atoms with Gasteiger partial charge >= 0.3 is 6.36 Å². The van der Waals surface area contributed by atoms with Crippen LogP contribution in [-0.4, -0.2) is 40.7 Å². The standard InChI is InChI=1S/C22H23F3N4O3/c1-3-31-17-9-7-16(8-10-17)27-20-12-19(28-21(29-20)26-14(2)13-30)15-5-4-6-18(11-15)32-22(23,24)25/h4-12,14,30H,3,13H2,1-2H3,(H2,26,27,28,29)/t14-/m1/s1. The number of nitrogens with one attached hydrogen (secondary N) is 2. The fraction of sp³-hybridized carbons (Fsp3) is 0.273. The van der Waals surface area contributed by atoms with Crippen molar-refractivity contribution in [2.45, 2.75) is 26.3 Å². The number of halogens is 3. The van der Waals surface area contributed by atoms with Gasteiger partial charge in [-0.2, -0.15) is 4.98 Å². The Morgan fingerprint density at radius 2 is 1.78 bits per heavy atom. The van der Waals surface area contributed by atoms with Crippen molar-refractivity contribution in [1.82, 2.24) is 9.97 Å². The van der Waals surface area contributed by atoms with Gasteiger partial charge < -0.3 is 25.2 Å². The number of ether oxygens (including phenoxy) is 2. The zero-order chi connectivity index (χ0) is 23.1. The first kappa shape index (κ1) is 23.1. The molecule has 0 aliphatic heterocycles. The van der Waals surface area contributed by atoms with Crippen molar-refractivity contribution in [1.29, 1.82) is 0 Å². The molecule has 0 unspecified atom stereocenters. The van der Waals surface area contributed by atoms with Gasteiger partial charge in [0, 0.05) is 23.4 Å².